The second-order valence-corrected chi connectivity index (χ2v) is 5.35. The number of rotatable bonds is 10. The highest BCUT2D eigenvalue weighted by molar-refractivity contribution is 4.65. The summed E-state index contributed by atoms with van der Waals surface area (Å²) in [7, 11) is 0. The molecule has 0 amide bonds. The van der Waals surface area contributed by atoms with E-state index in [1.54, 1.807) is 0 Å². The van der Waals surface area contributed by atoms with E-state index in [1.165, 1.54) is 12.8 Å². The van der Waals surface area contributed by atoms with E-state index in [2.05, 4.69) is 39.9 Å². The van der Waals surface area contributed by atoms with Gasteiger partial charge in [0.25, 0.3) is 0 Å². The predicted molar refractivity (Wildman–Crippen MR) is 71.8 cm³/mol. The molecule has 1 N–H and O–H groups in total. The molecule has 0 saturated heterocycles. The van der Waals surface area contributed by atoms with Crippen LogP contribution in [0.5, 0.6) is 0 Å². The summed E-state index contributed by atoms with van der Waals surface area (Å²) in [5, 5.41) is 3.54. The molecule has 0 aromatic heterocycles. The number of hydrogen-bond acceptors (Lipinski definition) is 2. The van der Waals surface area contributed by atoms with Crippen LogP contribution in [0.3, 0.4) is 0 Å². The Bertz CT molecular complexity index is 148. The SMILES string of the molecule is CCOCCCC(C)C(C)CNCC(C)C. The van der Waals surface area contributed by atoms with E-state index < -0.39 is 0 Å². The zero-order chi connectivity index (χ0) is 12.4. The van der Waals surface area contributed by atoms with Crippen molar-refractivity contribution in [3.63, 3.8) is 0 Å². The molecule has 0 aliphatic carbocycles. The fourth-order valence-corrected chi connectivity index (χ4v) is 1.74. The van der Waals surface area contributed by atoms with Crippen LogP contribution in [0.1, 0.15) is 47.5 Å². The van der Waals surface area contributed by atoms with Gasteiger partial charge >= 0.3 is 0 Å². The lowest BCUT2D eigenvalue weighted by Gasteiger charge is -2.21. The molecule has 2 unspecified atom stereocenters. The highest BCUT2D eigenvalue weighted by Crippen LogP contribution is 2.16. The average Bonchev–Trinajstić information content (AvgIpc) is 2.23. The highest BCUT2D eigenvalue weighted by Gasteiger charge is 2.11. The predicted octanol–water partition coefficient (Wildman–Crippen LogP) is 3.32. The Kier molecular flexibility index (Phi) is 10.0. The van der Waals surface area contributed by atoms with E-state index in [0.29, 0.717) is 0 Å². The second-order valence-electron chi connectivity index (χ2n) is 5.35. The lowest BCUT2D eigenvalue weighted by atomic mass is 9.91. The third kappa shape index (κ3) is 9.17. The van der Waals surface area contributed by atoms with Crippen molar-refractivity contribution in [3.05, 3.63) is 0 Å². The van der Waals surface area contributed by atoms with Crippen LogP contribution in [-0.2, 0) is 4.74 Å². The molecule has 0 aliphatic heterocycles. The van der Waals surface area contributed by atoms with Crippen LogP contribution in [0.15, 0.2) is 0 Å². The largest absolute Gasteiger partial charge is 0.382 e. The fraction of sp³-hybridized carbons (Fsp3) is 1.00. The molecule has 0 fully saturated rings. The van der Waals surface area contributed by atoms with Crippen molar-refractivity contribution in [1.29, 1.82) is 0 Å². The third-order valence-corrected chi connectivity index (χ3v) is 3.14. The van der Waals surface area contributed by atoms with Crippen molar-refractivity contribution >= 4 is 0 Å². The first kappa shape index (κ1) is 15.9. The molecule has 0 spiro atoms. The molecule has 16 heavy (non-hydrogen) atoms. The highest BCUT2D eigenvalue weighted by atomic mass is 16.5. The normalized spacial score (nSPS) is 15.4. The molecular formula is C14H31NO. The molecule has 98 valence electrons. The van der Waals surface area contributed by atoms with Crippen LogP contribution in [0.4, 0.5) is 0 Å². The Morgan fingerprint density at radius 3 is 2.25 bits per heavy atom. The van der Waals surface area contributed by atoms with E-state index in [1.807, 2.05) is 0 Å². The fourth-order valence-electron chi connectivity index (χ4n) is 1.74. The second kappa shape index (κ2) is 10.1. The maximum atomic E-state index is 5.36. The van der Waals surface area contributed by atoms with E-state index in [4.69, 9.17) is 4.74 Å². The smallest absolute Gasteiger partial charge is 0.0465 e. The first-order valence-corrected chi connectivity index (χ1v) is 6.86. The molecule has 0 aromatic carbocycles. The number of ether oxygens (including phenoxy) is 1. The summed E-state index contributed by atoms with van der Waals surface area (Å²) in [5.41, 5.74) is 0. The van der Waals surface area contributed by atoms with Gasteiger partial charge in [0.2, 0.25) is 0 Å². The topological polar surface area (TPSA) is 21.3 Å². The Labute approximate surface area is 102 Å². The van der Waals surface area contributed by atoms with Crippen LogP contribution in [0, 0.1) is 17.8 Å². The first-order valence-electron chi connectivity index (χ1n) is 6.86. The minimum Gasteiger partial charge on any atom is -0.382 e. The van der Waals surface area contributed by atoms with Crippen molar-refractivity contribution in [1.82, 2.24) is 5.32 Å². The molecule has 2 nitrogen and oxygen atoms in total. The lowest BCUT2D eigenvalue weighted by Crippen LogP contribution is -2.28. The van der Waals surface area contributed by atoms with Gasteiger partial charge in [-0.2, -0.15) is 0 Å². The van der Waals surface area contributed by atoms with Gasteiger partial charge < -0.3 is 10.1 Å². The Morgan fingerprint density at radius 2 is 1.69 bits per heavy atom. The van der Waals surface area contributed by atoms with E-state index in [9.17, 15) is 0 Å². The van der Waals surface area contributed by atoms with Gasteiger partial charge in [-0.3, -0.25) is 0 Å². The maximum absolute atomic E-state index is 5.36. The van der Waals surface area contributed by atoms with Gasteiger partial charge in [-0.1, -0.05) is 27.7 Å². The van der Waals surface area contributed by atoms with Gasteiger partial charge in [-0.05, 0) is 50.6 Å². The zero-order valence-corrected chi connectivity index (χ0v) is 11.9. The van der Waals surface area contributed by atoms with E-state index >= 15 is 0 Å². The summed E-state index contributed by atoms with van der Waals surface area (Å²) < 4.78 is 5.36. The van der Waals surface area contributed by atoms with Gasteiger partial charge in [0.05, 0.1) is 0 Å². The summed E-state index contributed by atoms with van der Waals surface area (Å²) in [6.45, 7) is 15.3. The Balaban J connectivity index is 3.45. The summed E-state index contributed by atoms with van der Waals surface area (Å²) >= 11 is 0. The van der Waals surface area contributed by atoms with E-state index in [0.717, 1.165) is 44.1 Å². The minimum atomic E-state index is 0.750. The molecule has 0 aliphatic rings. The van der Waals surface area contributed by atoms with Gasteiger partial charge in [0, 0.05) is 13.2 Å². The van der Waals surface area contributed by atoms with Gasteiger partial charge in [-0.15, -0.1) is 0 Å². The summed E-state index contributed by atoms with van der Waals surface area (Å²) in [6.07, 6.45) is 2.48. The Morgan fingerprint density at radius 1 is 1.00 bits per heavy atom. The molecule has 2 atom stereocenters. The van der Waals surface area contributed by atoms with Crippen molar-refractivity contribution < 1.29 is 4.74 Å². The molecule has 0 radical (unpaired) electrons. The van der Waals surface area contributed by atoms with Crippen LogP contribution in [-0.4, -0.2) is 26.3 Å². The van der Waals surface area contributed by atoms with Crippen molar-refractivity contribution in [2.75, 3.05) is 26.3 Å². The van der Waals surface area contributed by atoms with Gasteiger partial charge in [0.15, 0.2) is 0 Å². The van der Waals surface area contributed by atoms with Gasteiger partial charge in [0.1, 0.15) is 0 Å². The average molecular weight is 229 g/mol. The molecule has 0 heterocycles. The number of nitrogens with one attached hydrogen (secondary N) is 1. The quantitative estimate of drug-likeness (QED) is 0.580. The molecule has 0 saturated carbocycles. The van der Waals surface area contributed by atoms with E-state index in [-0.39, 0.29) is 0 Å². The van der Waals surface area contributed by atoms with Crippen LogP contribution < -0.4 is 5.32 Å². The van der Waals surface area contributed by atoms with Crippen molar-refractivity contribution in [3.8, 4) is 0 Å². The summed E-state index contributed by atoms with van der Waals surface area (Å²) in [5.74, 6) is 2.31. The monoisotopic (exact) mass is 229 g/mol. The molecule has 0 aromatic rings. The zero-order valence-electron chi connectivity index (χ0n) is 11.9. The molecule has 0 bridgehead atoms. The third-order valence-electron chi connectivity index (χ3n) is 3.14. The first-order chi connectivity index (χ1) is 7.57. The number of hydrogen-bond donors (Lipinski definition) is 1. The maximum Gasteiger partial charge on any atom is 0.0465 e. The van der Waals surface area contributed by atoms with Crippen LogP contribution in [0.25, 0.3) is 0 Å². The Hall–Kier alpha value is -0.0800. The van der Waals surface area contributed by atoms with Crippen LogP contribution in [0.2, 0.25) is 0 Å². The summed E-state index contributed by atoms with van der Waals surface area (Å²) in [4.78, 5) is 0. The van der Waals surface area contributed by atoms with Gasteiger partial charge in [-0.25, -0.2) is 0 Å². The summed E-state index contributed by atoms with van der Waals surface area (Å²) in [6, 6.07) is 0. The standard InChI is InChI=1S/C14H31NO/c1-6-16-9-7-8-13(4)14(5)11-15-10-12(2)3/h12-15H,6-11H2,1-5H3. The molecular weight excluding hydrogens is 198 g/mol. The minimum absolute atomic E-state index is 0.750. The van der Waals surface area contributed by atoms with Crippen LogP contribution >= 0.6 is 0 Å². The molecule has 0 rings (SSSR count). The molecule has 2 heteroatoms. The van der Waals surface area contributed by atoms with Crippen molar-refractivity contribution in [2.24, 2.45) is 17.8 Å². The van der Waals surface area contributed by atoms with Crippen molar-refractivity contribution in [2.45, 2.75) is 47.5 Å². The lowest BCUT2D eigenvalue weighted by molar-refractivity contribution is 0.137.